The van der Waals surface area contributed by atoms with E-state index in [1.807, 2.05) is 60.9 Å². The van der Waals surface area contributed by atoms with E-state index in [0.29, 0.717) is 53.3 Å². The Morgan fingerprint density at radius 3 is 2.77 bits per heavy atom. The predicted octanol–water partition coefficient (Wildman–Crippen LogP) is 5.29. The topological polar surface area (TPSA) is 82.5 Å². The number of benzene rings is 3. The molecule has 3 aliphatic rings. The van der Waals surface area contributed by atoms with E-state index in [1.165, 1.54) is 6.07 Å². The zero-order chi connectivity index (χ0) is 30.9. The maximum absolute atomic E-state index is 16.1. The number of aromatic nitrogens is 2. The van der Waals surface area contributed by atoms with Gasteiger partial charge in [-0.05, 0) is 62.1 Å². The van der Waals surface area contributed by atoms with Crippen molar-refractivity contribution < 1.29 is 14.0 Å². The molecule has 0 saturated carbocycles. The monoisotopic (exact) mass is 634 g/mol. The van der Waals surface area contributed by atoms with Crippen molar-refractivity contribution in [3.05, 3.63) is 92.8 Å². The average molecular weight is 636 g/mol. The summed E-state index contributed by atoms with van der Waals surface area (Å²) >= 11 is 12.6. The Labute approximate surface area is 265 Å². The number of carbonyl (C=O) groups is 2. The number of nitrogens with zero attached hydrogens (tertiary/aromatic N) is 4. The fraction of sp³-hybridized carbons (Fsp3) is 0.364. The minimum absolute atomic E-state index is 0.0151. The average Bonchev–Trinajstić information content (AvgIpc) is 3.60. The van der Waals surface area contributed by atoms with Crippen molar-refractivity contribution in [2.45, 2.75) is 43.3 Å². The lowest BCUT2D eigenvalue weighted by Gasteiger charge is -2.45. The van der Waals surface area contributed by atoms with Crippen LogP contribution in [-0.4, -0.2) is 76.7 Å². The van der Waals surface area contributed by atoms with E-state index in [0.717, 1.165) is 23.2 Å². The van der Waals surface area contributed by atoms with E-state index < -0.39 is 17.3 Å². The first-order valence-corrected chi connectivity index (χ1v) is 15.6. The molecule has 0 bridgehead atoms. The van der Waals surface area contributed by atoms with Gasteiger partial charge in [0.25, 0.3) is 5.91 Å². The summed E-state index contributed by atoms with van der Waals surface area (Å²) in [6, 6.07) is 15.7. The van der Waals surface area contributed by atoms with E-state index in [-0.39, 0.29) is 28.9 Å². The van der Waals surface area contributed by atoms with Gasteiger partial charge in [0.1, 0.15) is 11.4 Å². The number of anilines is 1. The molecule has 4 aromatic rings. The minimum Gasteiger partial charge on any atom is -0.351 e. The molecule has 1 aromatic heterocycles. The van der Waals surface area contributed by atoms with Crippen LogP contribution in [-0.2, 0) is 17.6 Å². The van der Waals surface area contributed by atoms with Crippen LogP contribution in [0.25, 0.3) is 10.9 Å². The summed E-state index contributed by atoms with van der Waals surface area (Å²) in [5.74, 6) is -1.47. The number of hydrogen-bond acceptors (Lipinski definition) is 5. The van der Waals surface area contributed by atoms with Gasteiger partial charge in [0.2, 0.25) is 5.91 Å². The van der Waals surface area contributed by atoms with Crippen LogP contribution in [0.3, 0.4) is 0 Å². The number of amides is 2. The van der Waals surface area contributed by atoms with Crippen LogP contribution in [0.1, 0.15) is 46.1 Å². The van der Waals surface area contributed by atoms with Gasteiger partial charge in [-0.3, -0.25) is 19.2 Å². The van der Waals surface area contributed by atoms with Gasteiger partial charge in [-0.2, -0.15) is 5.10 Å². The third-order valence-electron chi connectivity index (χ3n) is 9.59. The van der Waals surface area contributed by atoms with Crippen molar-refractivity contribution in [2.24, 2.45) is 0 Å². The highest BCUT2D eigenvalue weighted by molar-refractivity contribution is 6.31. The van der Waals surface area contributed by atoms with Crippen LogP contribution in [0.15, 0.2) is 54.6 Å². The number of rotatable bonds is 6. The summed E-state index contributed by atoms with van der Waals surface area (Å²) in [6.45, 7) is 3.89. The minimum atomic E-state index is -1.09. The van der Waals surface area contributed by atoms with E-state index in [2.05, 4.69) is 15.5 Å². The highest BCUT2D eigenvalue weighted by atomic mass is 35.5. The van der Waals surface area contributed by atoms with Gasteiger partial charge in [0, 0.05) is 65.2 Å². The fourth-order valence-corrected chi connectivity index (χ4v) is 8.12. The standard InChI is InChI=1S/C33H33Cl2FN6O2/c1-4-41-27-16-26-21-11-9-18(31(43)37-12-13-40(2)3)14-25(21)39-42(26)30(27)28(22-6-5-7-23(35)29(22)36)33(41)17-19-8-10-20(34)15-24(19)38-32(33)44/h5-11,14-15,27-28,30H,4,12-13,16-17H2,1-3H3,(H,37,43)(H,38,44)/t27-,28-,30+,33+/m0/s1. The Balaban J connectivity index is 1.36. The van der Waals surface area contributed by atoms with E-state index in [1.54, 1.807) is 18.2 Å². The molecule has 0 radical (unpaired) electrons. The summed E-state index contributed by atoms with van der Waals surface area (Å²) in [5, 5.41) is 12.6. The summed E-state index contributed by atoms with van der Waals surface area (Å²) < 4.78 is 18.0. The number of halogens is 3. The molecular formula is C33H33Cl2FN6O2. The lowest BCUT2D eigenvalue weighted by Crippen LogP contribution is -2.61. The van der Waals surface area contributed by atoms with Crippen LogP contribution >= 0.6 is 23.2 Å². The third-order valence-corrected chi connectivity index (χ3v) is 10.1. The molecule has 2 amide bonds. The lowest BCUT2D eigenvalue weighted by atomic mass is 9.71. The fourth-order valence-electron chi connectivity index (χ4n) is 7.76. The highest BCUT2D eigenvalue weighted by Crippen LogP contribution is 2.59. The van der Waals surface area contributed by atoms with Gasteiger partial charge in [0.05, 0.1) is 16.6 Å². The maximum atomic E-state index is 16.1. The molecule has 44 heavy (non-hydrogen) atoms. The van der Waals surface area contributed by atoms with E-state index in [4.69, 9.17) is 28.3 Å². The number of nitrogens with one attached hydrogen (secondary N) is 2. The largest absolute Gasteiger partial charge is 0.351 e. The molecule has 4 atom stereocenters. The van der Waals surface area contributed by atoms with E-state index >= 15 is 4.39 Å². The summed E-state index contributed by atoms with van der Waals surface area (Å²) in [7, 11) is 3.91. The van der Waals surface area contributed by atoms with Gasteiger partial charge in [-0.15, -0.1) is 0 Å². The molecule has 0 aliphatic carbocycles. The number of carbonyl (C=O) groups excluding carboxylic acids is 2. The second-order valence-corrected chi connectivity index (χ2v) is 13.1. The summed E-state index contributed by atoms with van der Waals surface area (Å²) in [4.78, 5) is 31.5. The zero-order valence-corrected chi connectivity index (χ0v) is 26.2. The highest BCUT2D eigenvalue weighted by Gasteiger charge is 2.66. The molecule has 3 aliphatic heterocycles. The molecule has 1 saturated heterocycles. The molecule has 4 heterocycles. The maximum Gasteiger partial charge on any atom is 0.251 e. The van der Waals surface area contributed by atoms with Gasteiger partial charge < -0.3 is 15.5 Å². The Morgan fingerprint density at radius 2 is 2.00 bits per heavy atom. The van der Waals surface area contributed by atoms with Crippen molar-refractivity contribution in [1.29, 1.82) is 0 Å². The van der Waals surface area contributed by atoms with Gasteiger partial charge in [0.15, 0.2) is 0 Å². The van der Waals surface area contributed by atoms with Crippen molar-refractivity contribution >= 4 is 51.6 Å². The Morgan fingerprint density at radius 1 is 1.18 bits per heavy atom. The number of fused-ring (bicyclic) bond motifs is 6. The molecule has 2 N–H and O–H groups in total. The molecule has 8 nitrogen and oxygen atoms in total. The Bertz CT molecular complexity index is 1830. The Hall–Kier alpha value is -3.50. The molecule has 0 unspecified atom stereocenters. The van der Waals surface area contributed by atoms with Crippen LogP contribution in [0.5, 0.6) is 0 Å². The summed E-state index contributed by atoms with van der Waals surface area (Å²) in [5.41, 5.74) is 3.15. The van der Waals surface area contributed by atoms with Crippen LogP contribution < -0.4 is 10.6 Å². The lowest BCUT2D eigenvalue weighted by molar-refractivity contribution is -0.128. The van der Waals surface area contributed by atoms with Crippen LogP contribution in [0.4, 0.5) is 10.1 Å². The SMILES string of the molecule is CCN1[C@H]2Cc3c4ccc(C(=O)NCCN(C)C)cc4nn3[C@H]2[C@H](c2cccc(Cl)c2F)[C@@]12Cc1ccc(Cl)cc1NC2=O. The smallest absolute Gasteiger partial charge is 0.251 e. The molecule has 7 rings (SSSR count). The molecule has 1 spiro atoms. The molecular weight excluding hydrogens is 602 g/mol. The molecule has 228 valence electrons. The van der Waals surface area contributed by atoms with Crippen LogP contribution in [0.2, 0.25) is 10.0 Å². The predicted molar refractivity (Wildman–Crippen MR) is 170 cm³/mol. The number of likely N-dealkylation sites (N-methyl/N-ethyl adjacent to an activating group) is 2. The second-order valence-electron chi connectivity index (χ2n) is 12.2. The van der Waals surface area contributed by atoms with Gasteiger partial charge in [-0.1, -0.05) is 54.4 Å². The first-order valence-electron chi connectivity index (χ1n) is 14.9. The number of hydrogen-bond donors (Lipinski definition) is 2. The molecule has 1 fully saturated rings. The third kappa shape index (κ3) is 4.35. The van der Waals surface area contributed by atoms with Gasteiger partial charge in [-0.25, -0.2) is 4.39 Å². The summed E-state index contributed by atoms with van der Waals surface area (Å²) in [6.07, 6.45) is 1.01. The van der Waals surface area contributed by atoms with Crippen molar-refractivity contribution in [3.8, 4) is 0 Å². The van der Waals surface area contributed by atoms with Gasteiger partial charge >= 0.3 is 0 Å². The molecule has 3 aromatic carbocycles. The second kappa shape index (κ2) is 10.8. The number of likely N-dealkylation sites (tertiary alicyclic amines) is 1. The van der Waals surface area contributed by atoms with Crippen LogP contribution in [0, 0.1) is 5.82 Å². The van der Waals surface area contributed by atoms with E-state index in [9.17, 15) is 9.59 Å². The van der Waals surface area contributed by atoms with Crippen molar-refractivity contribution in [3.63, 3.8) is 0 Å². The first kappa shape index (κ1) is 29.2. The van der Waals surface area contributed by atoms with Crippen molar-refractivity contribution in [2.75, 3.05) is 39.0 Å². The first-order chi connectivity index (χ1) is 21.1. The quantitative estimate of drug-likeness (QED) is 0.301. The zero-order valence-electron chi connectivity index (χ0n) is 24.7. The Kier molecular flexibility index (Phi) is 7.20. The molecule has 11 heteroatoms. The van der Waals surface area contributed by atoms with Crippen molar-refractivity contribution in [1.82, 2.24) is 24.9 Å². The normalized spacial score (nSPS) is 24.1.